The van der Waals surface area contributed by atoms with Gasteiger partial charge in [-0.25, -0.2) is 0 Å². The Bertz CT molecular complexity index is 529. The van der Waals surface area contributed by atoms with Gasteiger partial charge in [-0.05, 0) is 0 Å². The fourth-order valence-corrected chi connectivity index (χ4v) is 4.89. The second-order valence-corrected chi connectivity index (χ2v) is 8.20. The Morgan fingerprint density at radius 3 is 2.04 bits per heavy atom. The summed E-state index contributed by atoms with van der Waals surface area (Å²) in [6.45, 7) is 3.68. The second kappa shape index (κ2) is 8.45. The summed E-state index contributed by atoms with van der Waals surface area (Å²) in [6.07, 6.45) is -2.10. The van der Waals surface area contributed by atoms with Gasteiger partial charge in [-0.2, -0.15) is 0 Å². The van der Waals surface area contributed by atoms with E-state index >= 15 is 0 Å². The van der Waals surface area contributed by atoms with Crippen molar-refractivity contribution in [1.29, 1.82) is 0 Å². The predicted octanol–water partition coefficient (Wildman–Crippen LogP) is 0.797. The molecule has 3 saturated heterocycles. The summed E-state index contributed by atoms with van der Waals surface area (Å²) < 4.78 is 57.0. The quantitative estimate of drug-likeness (QED) is 0.484. The van der Waals surface area contributed by atoms with Crippen molar-refractivity contribution in [3.05, 3.63) is 0 Å². The molecule has 0 aromatic carbocycles. The van der Waals surface area contributed by atoms with Crippen LogP contribution in [0, 0.1) is 11.8 Å². The van der Waals surface area contributed by atoms with E-state index < -0.39 is 52.9 Å². The average molecular weight is 385 g/mol. The minimum absolute atomic E-state index is 0.00393. The highest BCUT2D eigenvalue weighted by atomic mass is 31.1. The first kappa shape index (κ1) is 19.9. The topological polar surface area (TPSA) is 89.5 Å². The average Bonchev–Trinajstić information content (AvgIpc) is 3.02. The van der Waals surface area contributed by atoms with Crippen LogP contribution >= 0.6 is 16.5 Å². The molecule has 5 radical (unpaired) electrons. The van der Waals surface area contributed by atoms with E-state index in [4.69, 9.17) is 43.2 Å². The summed E-state index contributed by atoms with van der Waals surface area (Å²) in [7, 11) is 7.97. The van der Waals surface area contributed by atoms with Gasteiger partial charge in [0.15, 0.2) is 0 Å². The van der Waals surface area contributed by atoms with Gasteiger partial charge < -0.3 is 9.47 Å². The molecule has 3 heterocycles. The maximum atomic E-state index is 12.2. The lowest BCUT2D eigenvalue weighted by Crippen LogP contribution is -2.32. The van der Waals surface area contributed by atoms with Crippen molar-refractivity contribution in [1.82, 2.24) is 0 Å². The zero-order valence-corrected chi connectivity index (χ0v) is 15.7. The zero-order chi connectivity index (χ0) is 18.1. The van der Waals surface area contributed by atoms with Crippen LogP contribution in [-0.4, -0.2) is 72.4 Å². The number of hydrogen-bond acceptors (Lipinski definition) is 8. The van der Waals surface area contributed by atoms with E-state index in [1.54, 1.807) is 0 Å². The third-order valence-electron chi connectivity index (χ3n) is 4.81. The summed E-state index contributed by atoms with van der Waals surface area (Å²) in [4.78, 5) is 0. The van der Waals surface area contributed by atoms with E-state index in [0.717, 1.165) is 0 Å². The molecule has 25 heavy (non-hydrogen) atoms. The van der Waals surface area contributed by atoms with Crippen LogP contribution in [0.15, 0.2) is 0 Å². The van der Waals surface area contributed by atoms with Gasteiger partial charge in [0.2, 0.25) is 0 Å². The van der Waals surface area contributed by atoms with Gasteiger partial charge in [0.1, 0.15) is 33.3 Å². The van der Waals surface area contributed by atoms with Crippen molar-refractivity contribution in [2.24, 2.45) is 11.8 Å². The molecule has 0 saturated carbocycles. The molecule has 3 aliphatic heterocycles. The Kier molecular flexibility index (Phi) is 6.73. The lowest BCUT2D eigenvalue weighted by molar-refractivity contribution is 0.0172. The Morgan fingerprint density at radius 2 is 1.44 bits per heavy atom. The molecule has 4 unspecified atom stereocenters. The van der Waals surface area contributed by atoms with Gasteiger partial charge in [-0.1, -0.05) is 13.8 Å². The predicted molar refractivity (Wildman–Crippen MR) is 89.8 cm³/mol. The molecule has 3 aliphatic rings. The number of hydrogen-bond donors (Lipinski definition) is 0. The van der Waals surface area contributed by atoms with Gasteiger partial charge in [0, 0.05) is 40.7 Å². The lowest BCUT2D eigenvalue weighted by atomic mass is 9.50. The molecule has 3 fully saturated rings. The Labute approximate surface area is 151 Å². The number of ether oxygens (including phenoxy) is 2. The number of rotatable bonds is 1. The molecule has 131 valence electrons. The van der Waals surface area contributed by atoms with E-state index in [1.807, 2.05) is 13.8 Å². The lowest BCUT2D eigenvalue weighted by Gasteiger charge is -2.15. The summed E-state index contributed by atoms with van der Waals surface area (Å²) in [5.41, 5.74) is 0. The fraction of sp³-hybridized carbons (Fsp3) is 1.00. The highest BCUT2D eigenvalue weighted by Crippen LogP contribution is 2.42. The summed E-state index contributed by atoms with van der Waals surface area (Å²) in [5.74, 6) is -0.422. The van der Waals surface area contributed by atoms with Crippen LogP contribution in [0.5, 0.6) is 0 Å². The van der Waals surface area contributed by atoms with Crippen LogP contribution in [0.4, 0.5) is 0 Å². The number of fused-ring (bicyclic) bond motifs is 4. The minimum Gasteiger partial charge on any atom is -0.379 e. The van der Waals surface area contributed by atoms with Crippen molar-refractivity contribution in [3.63, 3.8) is 0 Å². The van der Waals surface area contributed by atoms with Crippen LogP contribution < -0.4 is 0 Å². The standard InChI is InChI=1S/C12H18B3O8P2/c1-5-7-3-18-25(17)23-10-6(2)8(21-12(10)15-14)4-19-24(16)22-9(5)11(13)20-7/h5-12H,3-4H2,1-2H3/q+2/t5-,6?,7+,8+,9?,10-,11+,12+/m0/s1. The van der Waals surface area contributed by atoms with E-state index in [1.165, 1.54) is 7.17 Å². The Morgan fingerprint density at radius 1 is 0.920 bits per heavy atom. The van der Waals surface area contributed by atoms with Crippen molar-refractivity contribution < 1.29 is 36.7 Å². The van der Waals surface area contributed by atoms with Crippen LogP contribution in [0.25, 0.3) is 0 Å². The monoisotopic (exact) mass is 385 g/mol. The van der Waals surface area contributed by atoms with Crippen molar-refractivity contribution in [2.75, 3.05) is 13.2 Å². The van der Waals surface area contributed by atoms with Crippen LogP contribution in [0.3, 0.4) is 0 Å². The minimum atomic E-state index is -2.40. The first-order valence-corrected chi connectivity index (χ1v) is 10.2. The molecular weight excluding hydrogens is 367 g/mol. The van der Waals surface area contributed by atoms with Crippen molar-refractivity contribution in [3.8, 4) is 0 Å². The molecule has 0 N–H and O–H groups in total. The first-order chi connectivity index (χ1) is 11.9. The third kappa shape index (κ3) is 4.36. The molecule has 0 aromatic heterocycles. The van der Waals surface area contributed by atoms with E-state index in [9.17, 15) is 9.13 Å². The van der Waals surface area contributed by atoms with Crippen LogP contribution in [-0.2, 0) is 36.7 Å². The Balaban J connectivity index is 1.76. The van der Waals surface area contributed by atoms with E-state index in [0.29, 0.717) is 0 Å². The van der Waals surface area contributed by atoms with Crippen molar-refractivity contribution in [2.45, 2.75) is 50.3 Å². The third-order valence-corrected chi connectivity index (χ3v) is 6.37. The Hall–Kier alpha value is 0.155. The van der Waals surface area contributed by atoms with Crippen molar-refractivity contribution >= 4 is 39.3 Å². The summed E-state index contributed by atoms with van der Waals surface area (Å²) in [5, 5.41) is 0. The van der Waals surface area contributed by atoms with Gasteiger partial charge in [-0.15, -0.1) is 18.1 Å². The van der Waals surface area contributed by atoms with Gasteiger partial charge >= 0.3 is 16.5 Å². The van der Waals surface area contributed by atoms with Gasteiger partial charge in [0.25, 0.3) is 0 Å². The van der Waals surface area contributed by atoms with Crippen LogP contribution in [0.1, 0.15) is 13.8 Å². The molecule has 8 nitrogen and oxygen atoms in total. The zero-order valence-electron chi connectivity index (χ0n) is 13.9. The van der Waals surface area contributed by atoms with Crippen LogP contribution in [0.2, 0.25) is 0 Å². The largest absolute Gasteiger partial charge is 0.697 e. The molecule has 4 bridgehead atoms. The molecular formula is C12H18B3O8P2+2. The van der Waals surface area contributed by atoms with Gasteiger partial charge in [0.05, 0.1) is 19.4 Å². The SMILES string of the molecule is [B][B][C@@H]1O[C@@H]2CO[P+](=O)OC3[C@H]([B])O[C@H](CO[P+](=O)O[C@H]1C2C)[C@@H]3C. The molecule has 10 atom stereocenters. The van der Waals surface area contributed by atoms with E-state index in [2.05, 4.69) is 0 Å². The van der Waals surface area contributed by atoms with E-state index in [-0.39, 0.29) is 25.0 Å². The summed E-state index contributed by atoms with van der Waals surface area (Å²) >= 11 is 0. The normalized spacial score (nSPS) is 48.9. The molecule has 0 aromatic rings. The summed E-state index contributed by atoms with van der Waals surface area (Å²) in [6, 6.07) is -1.35. The van der Waals surface area contributed by atoms with Gasteiger partial charge in [-0.3, -0.25) is 0 Å². The molecule has 0 aliphatic carbocycles. The second-order valence-electron chi connectivity index (χ2n) is 6.37. The molecule has 3 rings (SSSR count). The maximum absolute atomic E-state index is 12.2. The molecule has 13 heteroatoms. The fourth-order valence-electron chi connectivity index (χ4n) is 3.21. The molecule has 0 amide bonds. The molecule has 0 spiro atoms. The maximum Gasteiger partial charge on any atom is 0.697 e. The smallest absolute Gasteiger partial charge is 0.379 e. The highest BCUT2D eigenvalue weighted by Gasteiger charge is 2.51. The highest BCUT2D eigenvalue weighted by molar-refractivity contribution is 7.33. The first-order valence-electron chi connectivity index (χ1n) is 8.06.